The van der Waals surface area contributed by atoms with Crippen molar-refractivity contribution in [2.75, 3.05) is 5.32 Å². The van der Waals surface area contributed by atoms with E-state index in [0.717, 1.165) is 6.42 Å². The van der Waals surface area contributed by atoms with Crippen molar-refractivity contribution in [1.29, 1.82) is 5.41 Å². The van der Waals surface area contributed by atoms with Crippen LogP contribution in [0, 0.1) is 5.41 Å². The fraction of sp³-hybridized carbons (Fsp3) is 0.111. The Kier molecular flexibility index (Phi) is 3.85. The molecule has 3 rings (SSSR count). The van der Waals surface area contributed by atoms with Crippen molar-refractivity contribution in [3.8, 4) is 5.75 Å². The van der Waals surface area contributed by atoms with E-state index in [0.29, 0.717) is 11.1 Å². The van der Waals surface area contributed by atoms with Gasteiger partial charge in [-0.2, -0.15) is 0 Å². The molecule has 23 heavy (non-hydrogen) atoms. The third-order valence-electron chi connectivity index (χ3n) is 3.64. The summed E-state index contributed by atoms with van der Waals surface area (Å²) in [7, 11) is 0. The van der Waals surface area contributed by atoms with Crippen LogP contribution in [-0.2, 0) is 6.42 Å². The quantitative estimate of drug-likeness (QED) is 0.693. The molecular weight excluding hydrogens is 292 g/mol. The Labute approximate surface area is 132 Å². The smallest absolute Gasteiger partial charge is 0.261 e. The lowest BCUT2D eigenvalue weighted by Crippen LogP contribution is -2.20. The minimum atomic E-state index is -0.423. The number of amides is 1. The third-order valence-corrected chi connectivity index (χ3v) is 3.64. The van der Waals surface area contributed by atoms with E-state index < -0.39 is 5.91 Å². The maximum atomic E-state index is 12.4. The molecule has 0 atom stereocenters. The first-order valence-corrected chi connectivity index (χ1v) is 7.29. The van der Waals surface area contributed by atoms with Crippen LogP contribution in [0.15, 0.2) is 52.9 Å². The summed E-state index contributed by atoms with van der Waals surface area (Å²) in [6.45, 7) is 2.06. The molecule has 0 unspecified atom stereocenters. The first-order valence-electron chi connectivity index (χ1n) is 7.29. The van der Waals surface area contributed by atoms with Crippen molar-refractivity contribution in [2.45, 2.75) is 13.3 Å². The summed E-state index contributed by atoms with van der Waals surface area (Å²) in [6.07, 6.45) is 0.929. The van der Waals surface area contributed by atoms with Gasteiger partial charge in [-0.25, -0.2) is 0 Å². The predicted octanol–water partition coefficient (Wildman–Crippen LogP) is 3.43. The highest BCUT2D eigenvalue weighted by Gasteiger charge is 2.13. The molecule has 0 saturated heterocycles. The molecule has 3 N–H and O–H groups in total. The van der Waals surface area contributed by atoms with E-state index >= 15 is 0 Å². The first kappa shape index (κ1) is 14.8. The molecule has 5 nitrogen and oxygen atoms in total. The number of nitrogens with one attached hydrogen (secondary N) is 2. The molecule has 1 amide bonds. The Balaban J connectivity index is 1.94. The maximum Gasteiger partial charge on any atom is 0.261 e. The molecule has 1 heterocycles. The van der Waals surface area contributed by atoms with Crippen molar-refractivity contribution in [3.05, 3.63) is 65.2 Å². The molecule has 0 radical (unpaired) electrons. The van der Waals surface area contributed by atoms with E-state index in [9.17, 15) is 9.90 Å². The summed E-state index contributed by atoms with van der Waals surface area (Å²) in [5.74, 6) is -0.480. The number of anilines is 1. The van der Waals surface area contributed by atoms with Crippen LogP contribution in [0.5, 0.6) is 5.75 Å². The van der Waals surface area contributed by atoms with Crippen molar-refractivity contribution < 1.29 is 14.3 Å². The van der Waals surface area contributed by atoms with E-state index in [-0.39, 0.29) is 22.5 Å². The zero-order valence-electron chi connectivity index (χ0n) is 12.6. The molecule has 116 valence electrons. The highest BCUT2D eigenvalue weighted by atomic mass is 16.4. The van der Waals surface area contributed by atoms with Crippen LogP contribution < -0.4 is 10.9 Å². The lowest BCUT2D eigenvalue weighted by molar-refractivity contribution is 0.102. The van der Waals surface area contributed by atoms with Crippen molar-refractivity contribution in [2.24, 2.45) is 0 Å². The monoisotopic (exact) mass is 308 g/mol. The molecule has 1 aromatic heterocycles. The second-order valence-electron chi connectivity index (χ2n) is 5.19. The third kappa shape index (κ3) is 2.94. The van der Waals surface area contributed by atoms with Gasteiger partial charge in [0.05, 0.1) is 0 Å². The molecule has 0 aliphatic carbocycles. The Morgan fingerprint density at radius 1 is 1.22 bits per heavy atom. The van der Waals surface area contributed by atoms with Gasteiger partial charge >= 0.3 is 0 Å². The van der Waals surface area contributed by atoms with Crippen LogP contribution in [0.3, 0.4) is 0 Å². The van der Waals surface area contributed by atoms with Crippen LogP contribution in [0.2, 0.25) is 0 Å². The number of aryl methyl sites for hydroxylation is 1. The molecule has 0 bridgehead atoms. The predicted molar refractivity (Wildman–Crippen MR) is 87.5 cm³/mol. The normalized spacial score (nSPS) is 10.7. The Bertz CT molecular complexity index is 927. The number of aromatic hydroxyl groups is 1. The van der Waals surface area contributed by atoms with E-state index in [4.69, 9.17) is 9.83 Å². The van der Waals surface area contributed by atoms with Crippen LogP contribution in [0.25, 0.3) is 11.0 Å². The number of hydrogen-bond acceptors (Lipinski definition) is 4. The fourth-order valence-corrected chi connectivity index (χ4v) is 2.34. The lowest BCUT2D eigenvalue weighted by Gasteiger charge is -2.07. The number of benzene rings is 2. The van der Waals surface area contributed by atoms with Gasteiger partial charge in [-0.1, -0.05) is 31.2 Å². The summed E-state index contributed by atoms with van der Waals surface area (Å²) in [5.41, 5.74) is 1.86. The second kappa shape index (κ2) is 5.96. The van der Waals surface area contributed by atoms with Crippen LogP contribution in [0.1, 0.15) is 22.8 Å². The standard InChI is InChI=1S/C18H16N2O3/c1-2-11-6-8-13(9-7-11)20-18(22)14-10-12-4-3-5-15(21)16(12)23-17(14)19/h3-10,19,21H,2H2,1H3,(H,20,22). The van der Waals surface area contributed by atoms with Crippen molar-refractivity contribution >= 4 is 22.6 Å². The van der Waals surface area contributed by atoms with Crippen LogP contribution in [-0.4, -0.2) is 11.0 Å². The van der Waals surface area contributed by atoms with E-state index in [2.05, 4.69) is 12.2 Å². The zero-order chi connectivity index (χ0) is 16.4. The van der Waals surface area contributed by atoms with Gasteiger partial charge in [0.15, 0.2) is 11.3 Å². The summed E-state index contributed by atoms with van der Waals surface area (Å²) in [5, 5.41) is 20.9. The number of rotatable bonds is 3. The number of hydrogen-bond donors (Lipinski definition) is 3. The number of para-hydroxylation sites is 1. The number of phenolic OH excluding ortho intramolecular Hbond substituents is 1. The van der Waals surface area contributed by atoms with Crippen molar-refractivity contribution in [3.63, 3.8) is 0 Å². The van der Waals surface area contributed by atoms with Gasteiger partial charge in [0.2, 0.25) is 5.55 Å². The maximum absolute atomic E-state index is 12.4. The topological polar surface area (TPSA) is 86.3 Å². The summed E-state index contributed by atoms with van der Waals surface area (Å²) < 4.78 is 5.27. The number of fused-ring (bicyclic) bond motifs is 1. The molecule has 3 aromatic rings. The van der Waals surface area contributed by atoms with Crippen LogP contribution in [0.4, 0.5) is 5.69 Å². The molecule has 0 spiro atoms. The summed E-state index contributed by atoms with van der Waals surface area (Å²) in [4.78, 5) is 12.4. The second-order valence-corrected chi connectivity index (χ2v) is 5.19. The first-order chi connectivity index (χ1) is 11.1. The van der Waals surface area contributed by atoms with E-state index in [1.54, 1.807) is 12.1 Å². The van der Waals surface area contributed by atoms with Gasteiger partial charge in [0.1, 0.15) is 5.56 Å². The molecule has 5 heteroatoms. The molecule has 2 aromatic carbocycles. The Morgan fingerprint density at radius 2 is 1.96 bits per heavy atom. The summed E-state index contributed by atoms with van der Waals surface area (Å²) >= 11 is 0. The highest BCUT2D eigenvalue weighted by molar-refractivity contribution is 6.05. The zero-order valence-corrected chi connectivity index (χ0v) is 12.6. The number of phenols is 1. The van der Waals surface area contributed by atoms with Gasteiger partial charge < -0.3 is 14.8 Å². The number of carbonyl (C=O) groups excluding carboxylic acids is 1. The largest absolute Gasteiger partial charge is 0.504 e. The molecule has 0 aliphatic rings. The minimum absolute atomic E-state index is 0.0573. The van der Waals surface area contributed by atoms with Gasteiger partial charge in [-0.15, -0.1) is 0 Å². The highest BCUT2D eigenvalue weighted by Crippen LogP contribution is 2.23. The number of carbonyl (C=O) groups is 1. The average molecular weight is 308 g/mol. The summed E-state index contributed by atoms with van der Waals surface area (Å²) in [6, 6.07) is 13.9. The van der Waals surface area contributed by atoms with Crippen molar-refractivity contribution in [1.82, 2.24) is 0 Å². The molecule has 0 fully saturated rings. The average Bonchev–Trinajstić information content (AvgIpc) is 2.56. The Hall–Kier alpha value is -3.08. The van der Waals surface area contributed by atoms with Gasteiger partial charge in [-0.3, -0.25) is 10.2 Å². The van der Waals surface area contributed by atoms with Crippen LogP contribution >= 0.6 is 0 Å². The Morgan fingerprint density at radius 3 is 2.65 bits per heavy atom. The molecule has 0 aliphatic heterocycles. The van der Waals surface area contributed by atoms with E-state index in [1.807, 2.05) is 24.3 Å². The van der Waals surface area contributed by atoms with Gasteiger partial charge in [0, 0.05) is 11.1 Å². The molecule has 0 saturated carbocycles. The van der Waals surface area contributed by atoms with E-state index in [1.165, 1.54) is 17.7 Å². The van der Waals surface area contributed by atoms with Gasteiger partial charge in [-0.05, 0) is 36.2 Å². The fourth-order valence-electron chi connectivity index (χ4n) is 2.34. The molecular formula is C18H16N2O3. The SMILES string of the molecule is CCc1ccc(NC(=O)c2cc3cccc(O)c3oc2=N)cc1. The minimum Gasteiger partial charge on any atom is -0.504 e. The van der Waals surface area contributed by atoms with Gasteiger partial charge in [0.25, 0.3) is 5.91 Å². The lowest BCUT2D eigenvalue weighted by atomic mass is 10.1.